The number of aromatic nitrogens is 3. The third kappa shape index (κ3) is 5.11. The number of halogens is 2. The van der Waals surface area contributed by atoms with Crippen molar-refractivity contribution in [2.75, 3.05) is 38.3 Å². The minimum absolute atomic E-state index is 0.0506. The van der Waals surface area contributed by atoms with Crippen LogP contribution in [0.3, 0.4) is 0 Å². The summed E-state index contributed by atoms with van der Waals surface area (Å²) in [6, 6.07) is 1.59. The Labute approximate surface area is 236 Å². The second kappa shape index (κ2) is 10.6. The van der Waals surface area contributed by atoms with Crippen molar-refractivity contribution in [3.05, 3.63) is 34.2 Å². The van der Waals surface area contributed by atoms with Crippen LogP contribution in [0.2, 0.25) is 10.0 Å². The Bertz CT molecular complexity index is 1420. The maximum absolute atomic E-state index is 13.6. The Balaban J connectivity index is 1.79. The first-order chi connectivity index (χ1) is 18.5. The summed E-state index contributed by atoms with van der Waals surface area (Å²) in [5, 5.41) is 15.5. The van der Waals surface area contributed by atoms with Crippen molar-refractivity contribution in [2.45, 2.75) is 58.4 Å². The Morgan fingerprint density at radius 1 is 1.28 bits per heavy atom. The van der Waals surface area contributed by atoms with Gasteiger partial charge < -0.3 is 24.0 Å². The van der Waals surface area contributed by atoms with E-state index >= 15 is 0 Å². The predicted octanol–water partition coefficient (Wildman–Crippen LogP) is 5.33. The monoisotopic (exact) mass is 577 g/mol. The van der Waals surface area contributed by atoms with E-state index in [0.29, 0.717) is 53.1 Å². The average molecular weight is 578 g/mol. The van der Waals surface area contributed by atoms with E-state index in [1.165, 1.54) is 4.90 Å². The van der Waals surface area contributed by atoms with Crippen LogP contribution in [-0.4, -0.2) is 75.3 Å². The van der Waals surface area contributed by atoms with Gasteiger partial charge in [0.2, 0.25) is 0 Å². The molecule has 210 valence electrons. The van der Waals surface area contributed by atoms with Crippen molar-refractivity contribution in [1.29, 1.82) is 0 Å². The van der Waals surface area contributed by atoms with Crippen molar-refractivity contribution in [3.8, 4) is 11.1 Å². The summed E-state index contributed by atoms with van der Waals surface area (Å²) in [4.78, 5) is 30.0. The molecule has 2 aliphatic rings. The molecule has 1 saturated heterocycles. The quantitative estimate of drug-likeness (QED) is 0.439. The van der Waals surface area contributed by atoms with Gasteiger partial charge in [0, 0.05) is 49.5 Å². The number of anilines is 1. The van der Waals surface area contributed by atoms with E-state index < -0.39 is 11.7 Å². The highest BCUT2D eigenvalue weighted by molar-refractivity contribution is 6.46. The fourth-order valence-electron chi connectivity index (χ4n) is 5.22. The minimum Gasteiger partial charge on any atom is -0.443 e. The molecule has 0 bridgehead atoms. The van der Waals surface area contributed by atoms with Gasteiger partial charge in [-0.1, -0.05) is 23.2 Å². The van der Waals surface area contributed by atoms with Crippen molar-refractivity contribution in [2.24, 2.45) is 0 Å². The zero-order chi connectivity index (χ0) is 28.1. The molecule has 0 radical (unpaired) electrons. The highest BCUT2D eigenvalue weighted by Gasteiger charge is 2.35. The second-order valence-electron chi connectivity index (χ2n) is 10.9. The molecular weight excluding hydrogens is 545 g/mol. The Hall–Kier alpha value is -2.79. The Morgan fingerprint density at radius 2 is 2.05 bits per heavy atom. The standard InChI is InChI=1S/C27H33Cl2N5O5/c1-27(2,3)39-26(37)32(10-11-35)18-13-17(28)22(29)23-21(18)20(24-25(36)31(4)8-9-33(23)24)16-14-30-34(15-16)19-7-5-6-12-38-19/h13-15,19,35H,5-12H2,1-4H3. The third-order valence-corrected chi connectivity index (χ3v) is 7.76. The molecule has 1 N–H and O–H groups in total. The normalized spacial score (nSPS) is 18.0. The lowest BCUT2D eigenvalue weighted by Crippen LogP contribution is -2.38. The molecule has 39 heavy (non-hydrogen) atoms. The zero-order valence-corrected chi connectivity index (χ0v) is 24.1. The number of ether oxygens (including phenoxy) is 2. The van der Waals surface area contributed by atoms with Gasteiger partial charge in [-0.25, -0.2) is 9.48 Å². The van der Waals surface area contributed by atoms with Crippen molar-refractivity contribution >= 4 is 51.8 Å². The minimum atomic E-state index is -0.775. The molecule has 2 amide bonds. The van der Waals surface area contributed by atoms with E-state index in [-0.39, 0.29) is 35.3 Å². The number of benzene rings is 1. The second-order valence-corrected chi connectivity index (χ2v) is 11.7. The number of hydrogen-bond donors (Lipinski definition) is 1. The number of rotatable bonds is 5. The van der Waals surface area contributed by atoms with Gasteiger partial charge in [0.05, 0.1) is 40.6 Å². The molecule has 0 aliphatic carbocycles. The van der Waals surface area contributed by atoms with E-state index in [0.717, 1.165) is 19.3 Å². The molecule has 2 aromatic heterocycles. The molecule has 3 aromatic rings. The highest BCUT2D eigenvalue weighted by atomic mass is 35.5. The molecule has 0 spiro atoms. The lowest BCUT2D eigenvalue weighted by molar-refractivity contribution is -0.0394. The fraction of sp³-hybridized carbons (Fsp3) is 0.519. The van der Waals surface area contributed by atoms with Gasteiger partial charge in [-0.3, -0.25) is 9.69 Å². The number of amides is 2. The number of likely N-dealkylation sites (N-methyl/N-ethyl adjacent to an activating group) is 1. The van der Waals surface area contributed by atoms with Gasteiger partial charge in [0.1, 0.15) is 17.5 Å². The molecule has 12 heteroatoms. The SMILES string of the molecule is CN1CCn2c(c(-c3cnn(C4CCCCO4)c3)c3c(N(CCO)C(=O)OC(C)(C)C)cc(Cl)c(Cl)c32)C1=O. The van der Waals surface area contributed by atoms with E-state index in [4.69, 9.17) is 32.7 Å². The Kier molecular flexibility index (Phi) is 7.58. The predicted molar refractivity (Wildman–Crippen MR) is 150 cm³/mol. The lowest BCUT2D eigenvalue weighted by Gasteiger charge is -2.28. The summed E-state index contributed by atoms with van der Waals surface area (Å²) in [6.45, 7) is 6.57. The van der Waals surface area contributed by atoms with Crippen molar-refractivity contribution in [1.82, 2.24) is 19.2 Å². The van der Waals surface area contributed by atoms with Gasteiger partial charge in [-0.2, -0.15) is 5.10 Å². The van der Waals surface area contributed by atoms with Gasteiger partial charge in [0.15, 0.2) is 0 Å². The van der Waals surface area contributed by atoms with Crippen LogP contribution in [0.5, 0.6) is 0 Å². The van der Waals surface area contributed by atoms with Crippen molar-refractivity contribution < 1.29 is 24.2 Å². The van der Waals surface area contributed by atoms with Crippen molar-refractivity contribution in [3.63, 3.8) is 0 Å². The van der Waals surface area contributed by atoms with Gasteiger partial charge in [-0.05, 0) is 46.1 Å². The van der Waals surface area contributed by atoms with Gasteiger partial charge in [0.25, 0.3) is 5.91 Å². The number of carbonyl (C=O) groups is 2. The maximum atomic E-state index is 13.6. The molecule has 0 saturated carbocycles. The highest BCUT2D eigenvalue weighted by Crippen LogP contribution is 2.47. The largest absolute Gasteiger partial charge is 0.443 e. The summed E-state index contributed by atoms with van der Waals surface area (Å²) in [6.07, 6.45) is 5.61. The molecule has 1 atom stereocenters. The van der Waals surface area contributed by atoms with Crippen LogP contribution >= 0.6 is 23.2 Å². The first kappa shape index (κ1) is 27.8. The third-order valence-electron chi connectivity index (χ3n) is 6.98. The summed E-state index contributed by atoms with van der Waals surface area (Å²) in [5.41, 5.74) is 1.85. The topological polar surface area (TPSA) is 102 Å². The van der Waals surface area contributed by atoms with Gasteiger partial charge in [-0.15, -0.1) is 0 Å². The molecule has 1 unspecified atom stereocenters. The molecule has 5 rings (SSSR count). The van der Waals surface area contributed by atoms with Crippen LogP contribution < -0.4 is 4.90 Å². The summed E-state index contributed by atoms with van der Waals surface area (Å²) in [5.74, 6) is -0.182. The van der Waals surface area contributed by atoms with Gasteiger partial charge >= 0.3 is 6.09 Å². The van der Waals surface area contributed by atoms with Crippen LogP contribution in [0.25, 0.3) is 22.0 Å². The number of carbonyl (C=O) groups excluding carboxylic acids is 2. The van der Waals surface area contributed by atoms with E-state index in [2.05, 4.69) is 5.10 Å². The molecular formula is C27H33Cl2N5O5. The number of hydrogen-bond acceptors (Lipinski definition) is 6. The number of fused-ring (bicyclic) bond motifs is 3. The number of aliphatic hydroxyl groups excluding tert-OH is 1. The summed E-state index contributed by atoms with van der Waals surface area (Å²) in [7, 11) is 1.75. The number of aliphatic hydroxyl groups is 1. The maximum Gasteiger partial charge on any atom is 0.414 e. The summed E-state index contributed by atoms with van der Waals surface area (Å²) < 4.78 is 15.2. The summed E-state index contributed by atoms with van der Waals surface area (Å²) >= 11 is 13.4. The fourth-order valence-corrected chi connectivity index (χ4v) is 5.67. The van der Waals surface area contributed by atoms with E-state index in [1.807, 2.05) is 10.8 Å². The molecule has 10 nitrogen and oxygen atoms in total. The first-order valence-electron chi connectivity index (χ1n) is 13.1. The Morgan fingerprint density at radius 3 is 2.72 bits per heavy atom. The molecule has 1 fully saturated rings. The smallest absolute Gasteiger partial charge is 0.414 e. The lowest BCUT2D eigenvalue weighted by atomic mass is 10.0. The molecule has 4 heterocycles. The van der Waals surface area contributed by atoms with Crippen LogP contribution in [0.1, 0.15) is 56.8 Å². The van der Waals surface area contributed by atoms with Crippen LogP contribution in [0, 0.1) is 0 Å². The number of nitrogens with zero attached hydrogens (tertiary/aromatic N) is 5. The average Bonchev–Trinajstić information content (AvgIpc) is 3.50. The van der Waals surface area contributed by atoms with Crippen LogP contribution in [0.15, 0.2) is 18.5 Å². The van der Waals surface area contributed by atoms with E-state index in [9.17, 15) is 14.7 Å². The van der Waals surface area contributed by atoms with E-state index in [1.54, 1.807) is 49.7 Å². The zero-order valence-electron chi connectivity index (χ0n) is 22.5. The molecule has 2 aliphatic heterocycles. The first-order valence-corrected chi connectivity index (χ1v) is 13.8. The van der Waals surface area contributed by atoms with Crippen LogP contribution in [0.4, 0.5) is 10.5 Å². The molecule has 1 aromatic carbocycles. The van der Waals surface area contributed by atoms with Crippen LogP contribution in [-0.2, 0) is 16.0 Å².